The molecule has 20 heavy (non-hydrogen) atoms. The number of nitrogens with one attached hydrogen (secondary N) is 1. The van der Waals surface area contributed by atoms with E-state index in [0.29, 0.717) is 17.3 Å². The zero-order chi connectivity index (χ0) is 15.3. The summed E-state index contributed by atoms with van der Waals surface area (Å²) in [6, 6.07) is 1.20. The molecule has 1 aromatic heterocycles. The van der Waals surface area contributed by atoms with Crippen molar-refractivity contribution in [1.29, 1.82) is 0 Å². The van der Waals surface area contributed by atoms with Crippen molar-refractivity contribution in [1.82, 2.24) is 9.88 Å². The van der Waals surface area contributed by atoms with Crippen molar-refractivity contribution in [3.63, 3.8) is 0 Å². The summed E-state index contributed by atoms with van der Waals surface area (Å²) < 4.78 is 1.79. The van der Waals surface area contributed by atoms with Gasteiger partial charge in [0.15, 0.2) is 0 Å². The van der Waals surface area contributed by atoms with Gasteiger partial charge in [-0.25, -0.2) is 0 Å². The van der Waals surface area contributed by atoms with Crippen LogP contribution in [-0.2, 0) is 11.3 Å². The Balaban J connectivity index is 2.85. The number of hydrogen-bond acceptors (Lipinski definition) is 2. The molecule has 0 radical (unpaired) electrons. The van der Waals surface area contributed by atoms with E-state index in [1.54, 1.807) is 16.8 Å². The van der Waals surface area contributed by atoms with Crippen LogP contribution < -0.4 is 5.32 Å². The zero-order valence-electron chi connectivity index (χ0n) is 12.0. The molecule has 0 saturated carbocycles. The summed E-state index contributed by atoms with van der Waals surface area (Å²) in [4.78, 5) is 23.1. The number of nitrogens with zero attached hydrogens (tertiary/aromatic N) is 1. The SMILES string of the molecule is CCCn1cc(Cl)cc1C(=O)NC(CC(=O)O)C(C)C. The fourth-order valence-corrected chi connectivity index (χ4v) is 2.20. The summed E-state index contributed by atoms with van der Waals surface area (Å²) in [5.41, 5.74) is 0.466. The molecule has 1 heterocycles. The van der Waals surface area contributed by atoms with Crippen LogP contribution in [0.15, 0.2) is 12.3 Å². The topological polar surface area (TPSA) is 71.3 Å². The van der Waals surface area contributed by atoms with Crippen molar-refractivity contribution in [3.8, 4) is 0 Å². The molecule has 0 fully saturated rings. The number of carboxylic acid groups (broad SMARTS) is 1. The molecule has 1 amide bonds. The average molecular weight is 301 g/mol. The smallest absolute Gasteiger partial charge is 0.305 e. The van der Waals surface area contributed by atoms with Gasteiger partial charge in [-0.1, -0.05) is 32.4 Å². The summed E-state index contributed by atoms with van der Waals surface area (Å²) in [5, 5.41) is 12.2. The molecular formula is C14H21ClN2O3. The molecule has 1 aromatic rings. The molecule has 0 aliphatic carbocycles. The first kappa shape index (κ1) is 16.6. The summed E-state index contributed by atoms with van der Waals surface area (Å²) in [5.74, 6) is -1.17. The maximum atomic E-state index is 12.3. The first-order valence-corrected chi connectivity index (χ1v) is 7.11. The number of halogens is 1. The molecule has 5 nitrogen and oxygen atoms in total. The Labute approximate surface area is 123 Å². The van der Waals surface area contributed by atoms with Gasteiger partial charge < -0.3 is 15.0 Å². The van der Waals surface area contributed by atoms with E-state index in [9.17, 15) is 9.59 Å². The predicted octanol–water partition coefficient (Wildman–Crippen LogP) is 2.78. The number of amides is 1. The van der Waals surface area contributed by atoms with Crippen molar-refractivity contribution in [2.24, 2.45) is 5.92 Å². The average Bonchev–Trinajstić information content (AvgIpc) is 2.69. The second-order valence-corrected chi connectivity index (χ2v) is 5.60. The van der Waals surface area contributed by atoms with Crippen LogP contribution in [0.2, 0.25) is 5.02 Å². The number of aryl methyl sites for hydroxylation is 1. The van der Waals surface area contributed by atoms with Crippen LogP contribution in [-0.4, -0.2) is 27.6 Å². The minimum absolute atomic E-state index is 0.0418. The van der Waals surface area contributed by atoms with Gasteiger partial charge >= 0.3 is 5.97 Å². The Bertz CT molecular complexity index is 483. The fraction of sp³-hybridized carbons (Fsp3) is 0.571. The number of carboxylic acids is 1. The van der Waals surface area contributed by atoms with Crippen molar-refractivity contribution in [3.05, 3.63) is 23.0 Å². The first-order chi connectivity index (χ1) is 9.35. The van der Waals surface area contributed by atoms with E-state index in [2.05, 4.69) is 5.32 Å². The van der Waals surface area contributed by atoms with E-state index < -0.39 is 12.0 Å². The van der Waals surface area contributed by atoms with Gasteiger partial charge in [-0.3, -0.25) is 9.59 Å². The third kappa shape index (κ3) is 4.56. The van der Waals surface area contributed by atoms with E-state index in [-0.39, 0.29) is 18.2 Å². The number of rotatable bonds is 7. The minimum atomic E-state index is -0.925. The Morgan fingerprint density at radius 1 is 1.45 bits per heavy atom. The molecule has 1 atom stereocenters. The Morgan fingerprint density at radius 3 is 2.60 bits per heavy atom. The molecule has 112 valence electrons. The number of carbonyl (C=O) groups excluding carboxylic acids is 1. The van der Waals surface area contributed by atoms with Crippen LogP contribution in [0.1, 0.15) is 44.1 Å². The summed E-state index contributed by atoms with van der Waals surface area (Å²) in [6.07, 6.45) is 2.50. The first-order valence-electron chi connectivity index (χ1n) is 6.73. The molecule has 6 heteroatoms. The quantitative estimate of drug-likeness (QED) is 0.813. The van der Waals surface area contributed by atoms with Crippen LogP contribution in [0.4, 0.5) is 0 Å². The van der Waals surface area contributed by atoms with Crippen molar-refractivity contribution in [2.75, 3.05) is 0 Å². The van der Waals surface area contributed by atoms with Crippen molar-refractivity contribution < 1.29 is 14.7 Å². The van der Waals surface area contributed by atoms with Crippen molar-refractivity contribution in [2.45, 2.75) is 46.2 Å². The van der Waals surface area contributed by atoms with E-state index in [4.69, 9.17) is 16.7 Å². The highest BCUT2D eigenvalue weighted by atomic mass is 35.5. The maximum absolute atomic E-state index is 12.3. The summed E-state index contributed by atoms with van der Waals surface area (Å²) in [7, 11) is 0. The van der Waals surface area contributed by atoms with Gasteiger partial charge in [0, 0.05) is 18.8 Å². The Hall–Kier alpha value is -1.49. The lowest BCUT2D eigenvalue weighted by atomic mass is 10.0. The molecule has 0 bridgehead atoms. The van der Waals surface area contributed by atoms with Gasteiger partial charge in [0.1, 0.15) is 5.69 Å². The minimum Gasteiger partial charge on any atom is -0.481 e. The maximum Gasteiger partial charge on any atom is 0.305 e. The highest BCUT2D eigenvalue weighted by Gasteiger charge is 2.22. The lowest BCUT2D eigenvalue weighted by Crippen LogP contribution is -2.40. The lowest BCUT2D eigenvalue weighted by molar-refractivity contribution is -0.137. The molecule has 0 spiro atoms. The normalized spacial score (nSPS) is 12.4. The van der Waals surface area contributed by atoms with Gasteiger partial charge in [0.05, 0.1) is 11.4 Å². The van der Waals surface area contributed by atoms with E-state index >= 15 is 0 Å². The van der Waals surface area contributed by atoms with Crippen LogP contribution in [0, 0.1) is 5.92 Å². The van der Waals surface area contributed by atoms with Gasteiger partial charge in [-0.15, -0.1) is 0 Å². The van der Waals surface area contributed by atoms with Gasteiger partial charge in [0.25, 0.3) is 5.91 Å². The van der Waals surface area contributed by atoms with Crippen LogP contribution in [0.25, 0.3) is 0 Å². The highest BCUT2D eigenvalue weighted by molar-refractivity contribution is 6.31. The molecule has 1 unspecified atom stereocenters. The standard InChI is InChI=1S/C14H21ClN2O3/c1-4-5-17-8-10(15)6-12(17)14(20)16-11(9(2)3)7-13(18)19/h6,8-9,11H,4-5,7H2,1-3H3,(H,16,20)(H,18,19). The highest BCUT2D eigenvalue weighted by Crippen LogP contribution is 2.16. The van der Waals surface area contributed by atoms with Crippen molar-refractivity contribution >= 4 is 23.5 Å². The Morgan fingerprint density at radius 2 is 2.10 bits per heavy atom. The van der Waals surface area contributed by atoms with Gasteiger partial charge in [-0.05, 0) is 18.4 Å². The van der Waals surface area contributed by atoms with Crippen LogP contribution in [0.5, 0.6) is 0 Å². The molecule has 0 aromatic carbocycles. The monoisotopic (exact) mass is 300 g/mol. The molecule has 0 aliphatic rings. The molecule has 2 N–H and O–H groups in total. The fourth-order valence-electron chi connectivity index (χ4n) is 1.97. The third-order valence-corrected chi connectivity index (χ3v) is 3.28. The van der Waals surface area contributed by atoms with E-state index in [1.807, 2.05) is 20.8 Å². The predicted molar refractivity (Wildman–Crippen MR) is 78.1 cm³/mol. The summed E-state index contributed by atoms with van der Waals surface area (Å²) in [6.45, 7) is 6.47. The lowest BCUT2D eigenvalue weighted by Gasteiger charge is -2.21. The van der Waals surface area contributed by atoms with Crippen LogP contribution >= 0.6 is 11.6 Å². The van der Waals surface area contributed by atoms with E-state index in [0.717, 1.165) is 6.42 Å². The number of carbonyl (C=O) groups is 2. The van der Waals surface area contributed by atoms with Crippen LogP contribution in [0.3, 0.4) is 0 Å². The summed E-state index contributed by atoms with van der Waals surface area (Å²) >= 11 is 5.93. The van der Waals surface area contributed by atoms with Gasteiger partial charge in [0.2, 0.25) is 0 Å². The number of hydrogen-bond donors (Lipinski definition) is 2. The molecule has 0 aliphatic heterocycles. The van der Waals surface area contributed by atoms with E-state index in [1.165, 1.54) is 0 Å². The largest absolute Gasteiger partial charge is 0.481 e. The molecular weight excluding hydrogens is 280 g/mol. The molecule has 0 saturated heterocycles. The zero-order valence-corrected chi connectivity index (χ0v) is 12.8. The second kappa shape index (κ2) is 7.33. The second-order valence-electron chi connectivity index (χ2n) is 5.16. The number of aromatic nitrogens is 1. The third-order valence-electron chi connectivity index (χ3n) is 3.08. The Kier molecular flexibility index (Phi) is 6.07. The van der Waals surface area contributed by atoms with Gasteiger partial charge in [-0.2, -0.15) is 0 Å². The molecule has 1 rings (SSSR count). The number of aliphatic carboxylic acids is 1.